The highest BCUT2D eigenvalue weighted by atomic mass is 35.5. The van der Waals surface area contributed by atoms with Crippen molar-refractivity contribution in [2.24, 2.45) is 0 Å². The van der Waals surface area contributed by atoms with Crippen molar-refractivity contribution in [3.8, 4) is 11.8 Å². The average molecular weight is 355 g/mol. The summed E-state index contributed by atoms with van der Waals surface area (Å²) < 4.78 is 0. The molecule has 1 fully saturated rings. The molecule has 25 heavy (non-hydrogen) atoms. The maximum atomic E-state index is 8.77. The van der Waals surface area contributed by atoms with E-state index in [1.165, 1.54) is 11.1 Å². The number of benzene rings is 2. The van der Waals surface area contributed by atoms with E-state index in [0.29, 0.717) is 0 Å². The summed E-state index contributed by atoms with van der Waals surface area (Å²) in [5, 5.41) is 9.54. The van der Waals surface area contributed by atoms with Gasteiger partial charge in [-0.25, -0.2) is 0 Å². The Hall–Kier alpha value is -1.83. The molecule has 2 aromatic carbocycles. The zero-order valence-corrected chi connectivity index (χ0v) is 15.0. The number of aliphatic hydroxyl groups is 1. The van der Waals surface area contributed by atoms with Crippen molar-refractivity contribution in [3.05, 3.63) is 70.7 Å². The normalized spacial score (nSPS) is 16.9. The van der Waals surface area contributed by atoms with Crippen LogP contribution in [0.4, 0.5) is 0 Å². The van der Waals surface area contributed by atoms with Crippen molar-refractivity contribution in [3.63, 3.8) is 0 Å². The van der Waals surface area contributed by atoms with Crippen molar-refractivity contribution < 1.29 is 5.11 Å². The quantitative estimate of drug-likeness (QED) is 0.855. The molecular weight excluding hydrogens is 332 g/mol. The first kappa shape index (κ1) is 18.0. The molecule has 0 spiro atoms. The van der Waals surface area contributed by atoms with Gasteiger partial charge in [0.1, 0.15) is 6.61 Å². The Bertz CT molecular complexity index is 713. The maximum Gasteiger partial charge on any atom is 0.104 e. The van der Waals surface area contributed by atoms with E-state index in [2.05, 4.69) is 64.1 Å². The summed E-state index contributed by atoms with van der Waals surface area (Å²) in [6.45, 7) is 4.61. The summed E-state index contributed by atoms with van der Waals surface area (Å²) >= 11 is 6.08. The SMILES string of the molecule is OCC#CCN1CCN(C(c2ccccc2)c2ccc(Cl)cc2)CC1. The third kappa shape index (κ3) is 4.84. The Kier molecular flexibility index (Phi) is 6.49. The second-order valence-electron chi connectivity index (χ2n) is 6.19. The average Bonchev–Trinajstić information content (AvgIpc) is 2.66. The molecule has 1 atom stereocenters. The molecule has 130 valence electrons. The highest BCUT2D eigenvalue weighted by Crippen LogP contribution is 2.30. The van der Waals surface area contributed by atoms with Crippen molar-refractivity contribution in [2.45, 2.75) is 6.04 Å². The Morgan fingerprint density at radius 2 is 1.52 bits per heavy atom. The molecular formula is C21H23ClN2O. The van der Waals surface area contributed by atoms with E-state index in [9.17, 15) is 0 Å². The second kappa shape index (κ2) is 9.03. The van der Waals surface area contributed by atoms with Gasteiger partial charge in [0.15, 0.2) is 0 Å². The molecule has 3 rings (SSSR count). The first-order chi connectivity index (χ1) is 12.3. The maximum absolute atomic E-state index is 8.77. The van der Waals surface area contributed by atoms with Crippen LogP contribution in [0.2, 0.25) is 5.02 Å². The highest BCUT2D eigenvalue weighted by molar-refractivity contribution is 6.30. The molecule has 0 bridgehead atoms. The van der Waals surface area contributed by atoms with Crippen LogP contribution in [-0.4, -0.2) is 54.2 Å². The van der Waals surface area contributed by atoms with Crippen LogP contribution in [0.25, 0.3) is 0 Å². The van der Waals surface area contributed by atoms with E-state index in [1.54, 1.807) is 0 Å². The second-order valence-corrected chi connectivity index (χ2v) is 6.62. The van der Waals surface area contributed by atoms with Crippen molar-refractivity contribution in [1.29, 1.82) is 0 Å². The first-order valence-electron chi connectivity index (χ1n) is 8.61. The summed E-state index contributed by atoms with van der Waals surface area (Å²) in [6.07, 6.45) is 0. The number of aliphatic hydroxyl groups excluding tert-OH is 1. The number of hydrogen-bond acceptors (Lipinski definition) is 3. The molecule has 1 aliphatic heterocycles. The van der Waals surface area contributed by atoms with Crippen molar-refractivity contribution in [2.75, 3.05) is 39.3 Å². The zero-order valence-electron chi connectivity index (χ0n) is 14.2. The molecule has 3 nitrogen and oxygen atoms in total. The summed E-state index contributed by atoms with van der Waals surface area (Å²) in [6, 6.07) is 19.1. The van der Waals surface area contributed by atoms with Crippen LogP contribution >= 0.6 is 11.6 Å². The third-order valence-electron chi connectivity index (χ3n) is 4.58. The molecule has 1 heterocycles. The summed E-state index contributed by atoms with van der Waals surface area (Å²) in [4.78, 5) is 4.86. The minimum atomic E-state index is -0.0629. The van der Waals surface area contributed by atoms with E-state index >= 15 is 0 Å². The van der Waals surface area contributed by atoms with Crippen LogP contribution in [0.5, 0.6) is 0 Å². The Morgan fingerprint density at radius 1 is 0.880 bits per heavy atom. The molecule has 0 radical (unpaired) electrons. The van der Waals surface area contributed by atoms with Gasteiger partial charge in [-0.3, -0.25) is 9.80 Å². The number of piperazine rings is 1. The van der Waals surface area contributed by atoms with Gasteiger partial charge in [0.25, 0.3) is 0 Å². The number of hydrogen-bond donors (Lipinski definition) is 1. The molecule has 4 heteroatoms. The lowest BCUT2D eigenvalue weighted by Gasteiger charge is -2.39. The Morgan fingerprint density at radius 3 is 2.16 bits per heavy atom. The molecule has 1 unspecified atom stereocenters. The molecule has 0 amide bonds. The van der Waals surface area contributed by atoms with Crippen LogP contribution in [-0.2, 0) is 0 Å². The smallest absolute Gasteiger partial charge is 0.104 e. The van der Waals surface area contributed by atoms with E-state index in [-0.39, 0.29) is 12.6 Å². The molecule has 0 aliphatic carbocycles. The van der Waals surface area contributed by atoms with Gasteiger partial charge < -0.3 is 5.11 Å². The van der Waals surface area contributed by atoms with Crippen molar-refractivity contribution >= 4 is 11.6 Å². The molecule has 1 N–H and O–H groups in total. The predicted octanol–water partition coefficient (Wildman–Crippen LogP) is 3.04. The van der Waals surface area contributed by atoms with Gasteiger partial charge >= 0.3 is 0 Å². The highest BCUT2D eigenvalue weighted by Gasteiger charge is 2.26. The van der Waals surface area contributed by atoms with E-state index in [4.69, 9.17) is 16.7 Å². The third-order valence-corrected chi connectivity index (χ3v) is 4.83. The summed E-state index contributed by atoms with van der Waals surface area (Å²) in [5.74, 6) is 5.74. The van der Waals surface area contributed by atoms with Crippen LogP contribution in [0.15, 0.2) is 54.6 Å². The molecule has 0 aromatic heterocycles. The lowest BCUT2D eigenvalue weighted by molar-refractivity contribution is 0.119. The molecule has 2 aromatic rings. The van der Waals surface area contributed by atoms with Gasteiger partial charge in [0.05, 0.1) is 12.6 Å². The standard InChI is InChI=1S/C21H23ClN2O/c22-20-10-8-19(9-11-20)21(18-6-2-1-3-7-18)24-15-13-23(14-16-24)12-4-5-17-25/h1-3,6-11,21,25H,12-17H2. The van der Waals surface area contributed by atoms with Crippen LogP contribution < -0.4 is 0 Å². The van der Waals surface area contributed by atoms with Gasteiger partial charge in [-0.1, -0.05) is 65.9 Å². The molecule has 1 saturated heterocycles. The summed E-state index contributed by atoms with van der Waals surface area (Å²) in [5.41, 5.74) is 2.57. The zero-order chi connectivity index (χ0) is 17.5. The Labute approximate surface area is 154 Å². The predicted molar refractivity (Wildman–Crippen MR) is 103 cm³/mol. The minimum absolute atomic E-state index is 0.0629. The fourth-order valence-electron chi connectivity index (χ4n) is 3.30. The van der Waals surface area contributed by atoms with Gasteiger partial charge in [-0.2, -0.15) is 0 Å². The fourth-order valence-corrected chi connectivity index (χ4v) is 3.42. The van der Waals surface area contributed by atoms with Crippen LogP contribution in [0, 0.1) is 11.8 Å². The Balaban J connectivity index is 1.76. The van der Waals surface area contributed by atoms with E-state index in [0.717, 1.165) is 37.7 Å². The number of nitrogens with zero attached hydrogens (tertiary/aromatic N) is 2. The number of rotatable bonds is 4. The lowest BCUT2D eigenvalue weighted by Crippen LogP contribution is -2.47. The topological polar surface area (TPSA) is 26.7 Å². The number of halogens is 1. The van der Waals surface area contributed by atoms with Gasteiger partial charge in [-0.05, 0) is 23.3 Å². The monoisotopic (exact) mass is 354 g/mol. The van der Waals surface area contributed by atoms with Crippen LogP contribution in [0.3, 0.4) is 0 Å². The minimum Gasteiger partial charge on any atom is -0.384 e. The first-order valence-corrected chi connectivity index (χ1v) is 8.99. The van der Waals surface area contributed by atoms with Crippen LogP contribution in [0.1, 0.15) is 17.2 Å². The summed E-state index contributed by atoms with van der Waals surface area (Å²) in [7, 11) is 0. The van der Waals surface area contributed by atoms with Gasteiger partial charge in [0, 0.05) is 31.2 Å². The van der Waals surface area contributed by atoms with Gasteiger partial charge in [-0.15, -0.1) is 0 Å². The molecule has 1 aliphatic rings. The molecule has 0 saturated carbocycles. The van der Waals surface area contributed by atoms with Crippen molar-refractivity contribution in [1.82, 2.24) is 9.80 Å². The van der Waals surface area contributed by atoms with E-state index < -0.39 is 0 Å². The van der Waals surface area contributed by atoms with E-state index in [1.807, 2.05) is 12.1 Å². The lowest BCUT2D eigenvalue weighted by atomic mass is 9.96. The van der Waals surface area contributed by atoms with Gasteiger partial charge in [0.2, 0.25) is 0 Å². The fraction of sp³-hybridized carbons (Fsp3) is 0.333. The largest absolute Gasteiger partial charge is 0.384 e.